The second-order valence-electron chi connectivity index (χ2n) is 7.05. The van der Waals surface area contributed by atoms with E-state index in [0.29, 0.717) is 12.3 Å². The Labute approximate surface area is 180 Å². The van der Waals surface area contributed by atoms with Crippen molar-refractivity contribution < 1.29 is 18.1 Å². The molecule has 1 heterocycles. The summed E-state index contributed by atoms with van der Waals surface area (Å²) in [5.41, 5.74) is 2.17. The van der Waals surface area contributed by atoms with Crippen molar-refractivity contribution in [2.45, 2.75) is 23.4 Å². The normalized spacial score (nSPS) is 11.7. The minimum Gasteiger partial charge on any atom is -0.342 e. The third-order valence-electron chi connectivity index (χ3n) is 4.93. The molecule has 0 saturated carbocycles. The third-order valence-corrected chi connectivity index (χ3v) is 6.04. The molecule has 31 heavy (non-hydrogen) atoms. The fourth-order valence-electron chi connectivity index (χ4n) is 3.33. The van der Waals surface area contributed by atoms with Crippen LogP contribution in [0.2, 0.25) is 0 Å². The van der Waals surface area contributed by atoms with Crippen LogP contribution in [0.15, 0.2) is 83.9 Å². The summed E-state index contributed by atoms with van der Waals surface area (Å²) in [5, 5.41) is 11.9. The second-order valence-corrected chi connectivity index (χ2v) is 8.06. The molecule has 0 fully saturated rings. The summed E-state index contributed by atoms with van der Waals surface area (Å²) in [6.07, 6.45) is -2.32. The van der Waals surface area contributed by atoms with Crippen LogP contribution in [-0.2, 0) is 18.5 Å². The molecule has 0 aliphatic heterocycles. The van der Waals surface area contributed by atoms with E-state index in [4.69, 9.17) is 0 Å². The summed E-state index contributed by atoms with van der Waals surface area (Å²) in [4.78, 5) is 11.4. The van der Waals surface area contributed by atoms with E-state index < -0.39 is 16.7 Å². The van der Waals surface area contributed by atoms with Gasteiger partial charge in [0.05, 0.1) is 10.5 Å². The predicted molar refractivity (Wildman–Crippen MR) is 115 cm³/mol. The number of hydrogen-bond acceptors (Lipinski definition) is 3. The van der Waals surface area contributed by atoms with Crippen LogP contribution in [0.25, 0.3) is 10.9 Å². The molecule has 4 aromatic rings. The topological polar surface area (TPSA) is 48.1 Å². The maximum atomic E-state index is 12.7. The van der Waals surface area contributed by atoms with Crippen molar-refractivity contribution in [3.8, 4) is 0 Å². The van der Waals surface area contributed by atoms with Crippen LogP contribution in [0, 0.1) is 10.1 Å². The van der Waals surface area contributed by atoms with Gasteiger partial charge in [-0.05, 0) is 29.3 Å². The van der Waals surface area contributed by atoms with Gasteiger partial charge >= 0.3 is 6.18 Å². The standard InChI is InChI=1S/C23H17F3N2O2S/c24-23(25,26)18-9-5-17(6-10-18)15-31-22-14-27(21-4-2-1-3-20(21)22)13-16-7-11-19(12-8-16)28(29)30/h1-12,14H,13,15H2. The molecule has 0 bridgehead atoms. The number of hydrogen-bond donors (Lipinski definition) is 0. The maximum Gasteiger partial charge on any atom is 0.416 e. The highest BCUT2D eigenvalue weighted by molar-refractivity contribution is 7.98. The zero-order chi connectivity index (χ0) is 22.0. The maximum absolute atomic E-state index is 12.7. The van der Waals surface area contributed by atoms with E-state index in [1.54, 1.807) is 23.9 Å². The van der Waals surface area contributed by atoms with Gasteiger partial charge in [-0.15, -0.1) is 11.8 Å². The molecule has 0 unspecified atom stereocenters. The SMILES string of the molecule is O=[N+]([O-])c1ccc(Cn2cc(SCc3ccc(C(F)(F)F)cc3)c3ccccc32)cc1. The molecule has 0 aliphatic rings. The first-order valence-corrected chi connectivity index (χ1v) is 10.4. The van der Waals surface area contributed by atoms with E-state index in [2.05, 4.69) is 4.57 Å². The van der Waals surface area contributed by atoms with Crippen molar-refractivity contribution in [3.63, 3.8) is 0 Å². The Balaban J connectivity index is 1.54. The molecular weight excluding hydrogens is 425 g/mol. The first-order valence-electron chi connectivity index (χ1n) is 9.41. The Morgan fingerprint density at radius 3 is 2.19 bits per heavy atom. The van der Waals surface area contributed by atoms with Gasteiger partial charge in [-0.2, -0.15) is 13.2 Å². The minimum absolute atomic E-state index is 0.0499. The first-order chi connectivity index (χ1) is 14.8. The van der Waals surface area contributed by atoms with Crippen molar-refractivity contribution in [1.29, 1.82) is 0 Å². The molecule has 4 rings (SSSR count). The molecule has 8 heteroatoms. The first kappa shape index (κ1) is 21.0. The van der Waals surface area contributed by atoms with Gasteiger partial charge in [0.15, 0.2) is 0 Å². The van der Waals surface area contributed by atoms with Crippen molar-refractivity contribution in [3.05, 3.63) is 106 Å². The molecular formula is C23H17F3N2O2S. The second kappa shape index (κ2) is 8.47. The number of nitrogens with zero attached hydrogens (tertiary/aromatic N) is 2. The van der Waals surface area contributed by atoms with Gasteiger partial charge in [0, 0.05) is 46.4 Å². The largest absolute Gasteiger partial charge is 0.416 e. The molecule has 3 aromatic carbocycles. The fourth-order valence-corrected chi connectivity index (χ4v) is 4.37. The molecule has 158 valence electrons. The van der Waals surface area contributed by atoms with Crippen molar-refractivity contribution in [2.24, 2.45) is 0 Å². The van der Waals surface area contributed by atoms with E-state index in [0.717, 1.165) is 39.1 Å². The van der Waals surface area contributed by atoms with Gasteiger partial charge in [0.1, 0.15) is 0 Å². The number of para-hydroxylation sites is 1. The van der Waals surface area contributed by atoms with Gasteiger partial charge < -0.3 is 4.57 Å². The van der Waals surface area contributed by atoms with Crippen molar-refractivity contribution in [2.75, 3.05) is 0 Å². The summed E-state index contributed by atoms with van der Waals surface area (Å²) >= 11 is 1.56. The fraction of sp³-hybridized carbons (Fsp3) is 0.130. The van der Waals surface area contributed by atoms with E-state index in [1.807, 2.05) is 30.5 Å². The highest BCUT2D eigenvalue weighted by Crippen LogP contribution is 2.34. The number of halogens is 3. The predicted octanol–water partition coefficient (Wildman–Crippen LogP) is 6.91. The van der Waals surface area contributed by atoms with Crippen LogP contribution in [-0.4, -0.2) is 9.49 Å². The Morgan fingerprint density at radius 2 is 1.55 bits per heavy atom. The van der Waals surface area contributed by atoms with Crippen LogP contribution < -0.4 is 0 Å². The number of nitro benzene ring substituents is 1. The summed E-state index contributed by atoms with van der Waals surface area (Å²) in [5.74, 6) is 0.545. The average Bonchev–Trinajstić information content (AvgIpc) is 3.10. The number of thioether (sulfide) groups is 1. The minimum atomic E-state index is -4.34. The molecule has 4 nitrogen and oxygen atoms in total. The lowest BCUT2D eigenvalue weighted by atomic mass is 10.1. The molecule has 0 atom stereocenters. The lowest BCUT2D eigenvalue weighted by molar-refractivity contribution is -0.384. The van der Waals surface area contributed by atoms with Crippen LogP contribution in [0.3, 0.4) is 0 Å². The smallest absolute Gasteiger partial charge is 0.342 e. The summed E-state index contributed by atoms with van der Waals surface area (Å²) < 4.78 is 40.3. The number of benzene rings is 3. The van der Waals surface area contributed by atoms with E-state index in [9.17, 15) is 23.3 Å². The molecule has 0 aliphatic carbocycles. The molecule has 0 radical (unpaired) electrons. The Hall–Kier alpha value is -3.26. The lowest BCUT2D eigenvalue weighted by Crippen LogP contribution is -2.04. The molecule has 0 saturated heterocycles. The molecule has 0 amide bonds. The molecule has 0 spiro atoms. The molecule has 0 N–H and O–H groups in total. The Morgan fingerprint density at radius 1 is 0.903 bits per heavy atom. The number of fused-ring (bicyclic) bond motifs is 1. The monoisotopic (exact) mass is 442 g/mol. The van der Waals surface area contributed by atoms with E-state index in [-0.39, 0.29) is 5.69 Å². The van der Waals surface area contributed by atoms with Crippen LogP contribution in [0.4, 0.5) is 18.9 Å². The van der Waals surface area contributed by atoms with Crippen LogP contribution >= 0.6 is 11.8 Å². The number of non-ortho nitro benzene ring substituents is 1. The van der Waals surface area contributed by atoms with Gasteiger partial charge in [-0.3, -0.25) is 10.1 Å². The number of nitro groups is 1. The number of rotatable bonds is 6. The summed E-state index contributed by atoms with van der Waals surface area (Å²) in [7, 11) is 0. The quantitative estimate of drug-likeness (QED) is 0.185. The van der Waals surface area contributed by atoms with Crippen LogP contribution in [0.5, 0.6) is 0 Å². The number of alkyl halides is 3. The van der Waals surface area contributed by atoms with Gasteiger partial charge in [-0.1, -0.05) is 42.5 Å². The zero-order valence-corrected chi connectivity index (χ0v) is 17.0. The van der Waals surface area contributed by atoms with Crippen molar-refractivity contribution >= 4 is 28.4 Å². The Kier molecular flexibility index (Phi) is 5.73. The highest BCUT2D eigenvalue weighted by Gasteiger charge is 2.29. The average molecular weight is 442 g/mol. The van der Waals surface area contributed by atoms with Crippen molar-refractivity contribution in [1.82, 2.24) is 4.57 Å². The van der Waals surface area contributed by atoms with E-state index in [1.165, 1.54) is 24.3 Å². The highest BCUT2D eigenvalue weighted by atomic mass is 32.2. The van der Waals surface area contributed by atoms with E-state index >= 15 is 0 Å². The number of aromatic nitrogens is 1. The van der Waals surface area contributed by atoms with Gasteiger partial charge in [-0.25, -0.2) is 0 Å². The third kappa shape index (κ3) is 4.74. The van der Waals surface area contributed by atoms with Gasteiger partial charge in [0.2, 0.25) is 0 Å². The summed E-state index contributed by atoms with van der Waals surface area (Å²) in [6.45, 7) is 0.555. The summed E-state index contributed by atoms with van der Waals surface area (Å²) in [6, 6.07) is 19.6. The van der Waals surface area contributed by atoms with Gasteiger partial charge in [0.25, 0.3) is 5.69 Å². The zero-order valence-electron chi connectivity index (χ0n) is 16.2. The van der Waals surface area contributed by atoms with Crippen LogP contribution in [0.1, 0.15) is 16.7 Å². The Bertz CT molecular complexity index is 1220. The molecule has 1 aromatic heterocycles. The lowest BCUT2D eigenvalue weighted by Gasteiger charge is -2.07.